The first-order chi connectivity index (χ1) is 1.73. The molecule has 0 aliphatic carbocycles. The van der Waals surface area contributed by atoms with E-state index in [1.54, 1.807) is 0 Å². The van der Waals surface area contributed by atoms with Gasteiger partial charge in [-0.1, -0.05) is 0 Å². The summed E-state index contributed by atoms with van der Waals surface area (Å²) in [6.07, 6.45) is 0. The van der Waals surface area contributed by atoms with Crippen LogP contribution in [0.2, 0.25) is 0 Å². The Bertz CT molecular complexity index is 16.0. The van der Waals surface area contributed by atoms with Gasteiger partial charge in [0.05, 0.1) is 0 Å². The topological polar surface area (TPSA) is 126 Å². The molecule has 0 aromatic heterocycles. The van der Waals surface area contributed by atoms with Gasteiger partial charge in [-0.2, -0.15) is 0 Å². The van der Waals surface area contributed by atoms with Crippen LogP contribution >= 0.6 is 0 Å². The van der Waals surface area contributed by atoms with Gasteiger partial charge in [0.1, 0.15) is 0 Å². The molecule has 0 rings (SSSR count). The third-order valence-corrected chi connectivity index (χ3v) is 0. The summed E-state index contributed by atoms with van der Waals surface area (Å²) in [5, 5.41) is 0. The standard InChI is InChI=1S/Co.3FH.4H2O/h;3*1H;4*1H2/q+3;;;;;;;/p-3. The summed E-state index contributed by atoms with van der Waals surface area (Å²) in [6, 6.07) is 0. The summed E-state index contributed by atoms with van der Waals surface area (Å²) in [4.78, 5) is 0. The molecule has 62 valence electrons. The zero-order valence-electron chi connectivity index (χ0n) is 3.47. The van der Waals surface area contributed by atoms with E-state index in [-0.39, 0.29) is 21.9 Å². The molecule has 8 N–H and O–H groups in total. The monoisotopic (exact) mass is 188 g/mol. The van der Waals surface area contributed by atoms with Crippen molar-refractivity contribution in [2.75, 3.05) is 0 Å². The Labute approximate surface area is 48.6 Å². The number of hydrogen-bond donors (Lipinski definition) is 0. The van der Waals surface area contributed by atoms with E-state index in [0.717, 1.165) is 0 Å². The van der Waals surface area contributed by atoms with Crippen LogP contribution in [0.1, 0.15) is 0 Å². The Kier molecular flexibility index (Phi) is 144. The van der Waals surface area contributed by atoms with Crippen LogP contribution in [0.4, 0.5) is 10.7 Å². The van der Waals surface area contributed by atoms with Crippen LogP contribution in [-0.4, -0.2) is 21.9 Å². The van der Waals surface area contributed by atoms with Gasteiger partial charge in [0, 0.05) is 0 Å². The molecular weight excluding hydrogens is 180 g/mol. The second-order valence-electron chi connectivity index (χ2n) is 0.143. The van der Waals surface area contributed by atoms with Crippen molar-refractivity contribution in [2.45, 2.75) is 0 Å². The normalized spacial score (nSPS) is 5.62. The Morgan fingerprint density at radius 3 is 0.625 bits per heavy atom. The van der Waals surface area contributed by atoms with Crippen LogP contribution in [0.5, 0.6) is 0 Å². The van der Waals surface area contributed by atoms with Crippen LogP contribution in [-0.2, 0) is 15.0 Å². The maximum atomic E-state index is 9.73. The molecule has 0 heterocycles. The summed E-state index contributed by atoms with van der Waals surface area (Å²) in [5.74, 6) is 0. The average Bonchev–Trinajstić information content (AvgIpc) is 0.811. The third kappa shape index (κ3) is 8690. The molecule has 0 aliphatic rings. The molecule has 0 radical (unpaired) electrons. The van der Waals surface area contributed by atoms with Gasteiger partial charge < -0.3 is 21.9 Å². The summed E-state index contributed by atoms with van der Waals surface area (Å²) in [5.41, 5.74) is 0. The van der Waals surface area contributed by atoms with Gasteiger partial charge in [-0.25, -0.2) is 0 Å². The van der Waals surface area contributed by atoms with Gasteiger partial charge in [0.15, 0.2) is 0 Å². The number of halogens is 3. The Balaban J connectivity index is -0.00000000750. The molecule has 0 aromatic rings. The summed E-state index contributed by atoms with van der Waals surface area (Å²) < 4.78 is 29.2. The molecule has 0 aromatic carbocycles. The van der Waals surface area contributed by atoms with Crippen molar-refractivity contribution in [3.63, 3.8) is 0 Å². The maximum absolute atomic E-state index is 9.73. The summed E-state index contributed by atoms with van der Waals surface area (Å²) in [7, 11) is 0. The van der Waals surface area contributed by atoms with E-state index in [1.165, 1.54) is 0 Å². The van der Waals surface area contributed by atoms with E-state index >= 15 is 0 Å². The predicted molar refractivity (Wildman–Crippen MR) is 17.8 cm³/mol. The minimum absolute atomic E-state index is 0. The molecule has 0 saturated carbocycles. The Hall–Kier alpha value is 0.136. The molecule has 0 amide bonds. The van der Waals surface area contributed by atoms with E-state index in [0.29, 0.717) is 0 Å². The van der Waals surface area contributed by atoms with Crippen molar-refractivity contribution in [3.05, 3.63) is 0 Å². The third-order valence-electron chi connectivity index (χ3n) is 0. The Morgan fingerprint density at radius 1 is 0.625 bits per heavy atom. The molecular formula is H8CoF3O4. The van der Waals surface area contributed by atoms with Crippen LogP contribution in [0.25, 0.3) is 0 Å². The molecule has 0 aliphatic heterocycles. The zero-order chi connectivity index (χ0) is 3.58. The van der Waals surface area contributed by atoms with Crippen molar-refractivity contribution < 1.29 is 47.6 Å². The molecule has 0 saturated heterocycles. The second kappa shape index (κ2) is 27.3. The fraction of sp³-hybridized carbons (Fsp3) is 0. The molecule has 8 heteroatoms. The first-order valence-electron chi connectivity index (χ1n) is 0.378. The van der Waals surface area contributed by atoms with Gasteiger partial charge in [-0.3, -0.25) is 0 Å². The van der Waals surface area contributed by atoms with E-state index in [1.807, 2.05) is 0 Å². The van der Waals surface area contributed by atoms with E-state index in [2.05, 4.69) is 0 Å². The van der Waals surface area contributed by atoms with Gasteiger partial charge >= 0.3 is 25.7 Å². The average molecular weight is 188 g/mol. The van der Waals surface area contributed by atoms with Crippen molar-refractivity contribution in [3.8, 4) is 0 Å². The molecule has 0 fully saturated rings. The first kappa shape index (κ1) is 42.1. The van der Waals surface area contributed by atoms with Gasteiger partial charge in [0.25, 0.3) is 0 Å². The van der Waals surface area contributed by atoms with Gasteiger partial charge in [-0.15, -0.1) is 0 Å². The predicted octanol–water partition coefficient (Wildman–Crippen LogP) is -2.04. The van der Waals surface area contributed by atoms with Crippen molar-refractivity contribution in [1.82, 2.24) is 0 Å². The van der Waals surface area contributed by atoms with Crippen molar-refractivity contribution >= 4 is 0 Å². The van der Waals surface area contributed by atoms with Crippen molar-refractivity contribution in [1.29, 1.82) is 0 Å². The van der Waals surface area contributed by atoms with Crippen LogP contribution in [0.15, 0.2) is 0 Å². The minimum atomic E-state index is -4.10. The van der Waals surface area contributed by atoms with E-state index < -0.39 is 15.0 Å². The SMILES string of the molecule is O.O.O.O.[F][Co]([F])[F]. The number of rotatable bonds is 0. The quantitative estimate of drug-likeness (QED) is 0.415. The fourth-order valence-electron chi connectivity index (χ4n) is 0. The fourth-order valence-corrected chi connectivity index (χ4v) is 0. The molecule has 4 nitrogen and oxygen atoms in total. The zero-order valence-corrected chi connectivity index (χ0v) is 4.51. The van der Waals surface area contributed by atoms with Crippen LogP contribution in [0, 0.1) is 0 Å². The molecule has 0 unspecified atom stereocenters. The van der Waals surface area contributed by atoms with Crippen molar-refractivity contribution in [2.24, 2.45) is 0 Å². The second-order valence-corrected chi connectivity index (χ2v) is 0.589. The summed E-state index contributed by atoms with van der Waals surface area (Å²) in [6.45, 7) is 0. The Morgan fingerprint density at radius 2 is 0.625 bits per heavy atom. The molecule has 0 atom stereocenters. The van der Waals surface area contributed by atoms with E-state index in [9.17, 15) is 10.7 Å². The van der Waals surface area contributed by atoms with Gasteiger partial charge in [-0.05, 0) is 0 Å². The van der Waals surface area contributed by atoms with Gasteiger partial charge in [0.2, 0.25) is 0 Å². The molecule has 8 heavy (non-hydrogen) atoms. The first-order valence-corrected chi connectivity index (χ1v) is 1.56. The van der Waals surface area contributed by atoms with E-state index in [4.69, 9.17) is 0 Å². The molecule has 0 spiro atoms. The van der Waals surface area contributed by atoms with Crippen LogP contribution in [0.3, 0.4) is 0 Å². The molecule has 0 bridgehead atoms. The van der Waals surface area contributed by atoms with Crippen LogP contribution < -0.4 is 0 Å². The number of hydrogen-bond acceptors (Lipinski definition) is 0. The summed E-state index contributed by atoms with van der Waals surface area (Å²) >= 11 is -4.10.